The lowest BCUT2D eigenvalue weighted by atomic mass is 10.1. The van der Waals surface area contributed by atoms with Gasteiger partial charge in [0, 0.05) is 36.6 Å². The van der Waals surface area contributed by atoms with Gasteiger partial charge in [0.25, 0.3) is 5.91 Å². The molecule has 2 aromatic rings. The van der Waals surface area contributed by atoms with Crippen molar-refractivity contribution in [2.45, 2.75) is 19.8 Å². The highest BCUT2D eigenvalue weighted by molar-refractivity contribution is 5.97. The summed E-state index contributed by atoms with van der Waals surface area (Å²) in [5, 5.41) is 3.08. The number of aryl methyl sites for hydroxylation is 1. The molecule has 0 radical (unpaired) electrons. The Morgan fingerprint density at radius 1 is 1.33 bits per heavy atom. The summed E-state index contributed by atoms with van der Waals surface area (Å²) < 4.78 is 5.39. The van der Waals surface area contributed by atoms with Gasteiger partial charge in [-0.25, -0.2) is 4.98 Å². The number of ether oxygens (including phenoxy) is 1. The van der Waals surface area contributed by atoms with Crippen molar-refractivity contribution < 1.29 is 9.53 Å². The molecule has 0 saturated carbocycles. The van der Waals surface area contributed by atoms with E-state index in [1.807, 2.05) is 17.9 Å². The number of likely N-dealkylation sites (tertiary alicyclic amines) is 1. The molecule has 3 rings (SSSR count). The standard InChI is InChI=1S/C17H21N5O2/c1-11-10-19-17(21-15(11)18)20-12-5-6-13(14(9-12)24-2)16(23)22-7-3-4-8-22/h5-6,9-10H,3-4,7-8H2,1-2H3,(H3,18,19,20,21). The van der Waals surface area contributed by atoms with Crippen molar-refractivity contribution in [3.05, 3.63) is 35.5 Å². The molecule has 1 aliphatic heterocycles. The van der Waals surface area contributed by atoms with Crippen LogP contribution in [0.25, 0.3) is 0 Å². The monoisotopic (exact) mass is 327 g/mol. The highest BCUT2D eigenvalue weighted by Gasteiger charge is 2.22. The van der Waals surface area contributed by atoms with Crippen molar-refractivity contribution in [3.63, 3.8) is 0 Å². The molecular formula is C17H21N5O2. The van der Waals surface area contributed by atoms with Crippen LogP contribution >= 0.6 is 0 Å². The number of nitrogens with zero attached hydrogens (tertiary/aromatic N) is 3. The number of carbonyl (C=O) groups excluding carboxylic acids is 1. The van der Waals surface area contributed by atoms with Gasteiger partial charge in [0.15, 0.2) is 0 Å². The van der Waals surface area contributed by atoms with Crippen molar-refractivity contribution in [1.82, 2.24) is 14.9 Å². The smallest absolute Gasteiger partial charge is 0.257 e. The fourth-order valence-corrected chi connectivity index (χ4v) is 2.68. The molecule has 1 saturated heterocycles. The van der Waals surface area contributed by atoms with E-state index in [2.05, 4.69) is 15.3 Å². The number of aromatic nitrogens is 2. The number of benzene rings is 1. The molecule has 0 aliphatic carbocycles. The fraction of sp³-hybridized carbons (Fsp3) is 0.353. The molecule has 1 aromatic carbocycles. The first-order valence-corrected chi connectivity index (χ1v) is 7.92. The maximum Gasteiger partial charge on any atom is 0.257 e. The van der Waals surface area contributed by atoms with Crippen molar-refractivity contribution >= 4 is 23.4 Å². The number of carbonyl (C=O) groups is 1. The minimum absolute atomic E-state index is 0.00623. The number of anilines is 3. The van der Waals surface area contributed by atoms with E-state index in [-0.39, 0.29) is 5.91 Å². The maximum absolute atomic E-state index is 12.6. The SMILES string of the molecule is COc1cc(Nc2ncc(C)c(N)n2)ccc1C(=O)N1CCCC1. The maximum atomic E-state index is 12.6. The summed E-state index contributed by atoms with van der Waals surface area (Å²) in [7, 11) is 1.56. The molecule has 0 atom stereocenters. The summed E-state index contributed by atoms with van der Waals surface area (Å²) in [4.78, 5) is 22.8. The Labute approximate surface area is 140 Å². The molecule has 7 heteroatoms. The summed E-state index contributed by atoms with van der Waals surface area (Å²) in [5.41, 5.74) is 7.92. The number of hydrogen-bond donors (Lipinski definition) is 2. The highest BCUT2D eigenvalue weighted by Crippen LogP contribution is 2.27. The van der Waals surface area contributed by atoms with Crippen LogP contribution in [-0.2, 0) is 0 Å². The van der Waals surface area contributed by atoms with Gasteiger partial charge in [-0.05, 0) is 31.9 Å². The Morgan fingerprint density at radius 3 is 2.75 bits per heavy atom. The van der Waals surface area contributed by atoms with Gasteiger partial charge in [-0.1, -0.05) is 0 Å². The molecule has 0 unspecified atom stereocenters. The first kappa shape index (κ1) is 16.0. The molecule has 3 N–H and O–H groups in total. The molecule has 24 heavy (non-hydrogen) atoms. The molecule has 0 spiro atoms. The number of nitrogens with one attached hydrogen (secondary N) is 1. The van der Waals surface area contributed by atoms with E-state index < -0.39 is 0 Å². The van der Waals surface area contributed by atoms with Gasteiger partial charge in [-0.2, -0.15) is 4.98 Å². The van der Waals surface area contributed by atoms with E-state index in [0.29, 0.717) is 23.1 Å². The molecule has 1 aromatic heterocycles. The summed E-state index contributed by atoms with van der Waals surface area (Å²) in [5.74, 6) is 1.36. The molecule has 1 aliphatic rings. The number of methoxy groups -OCH3 is 1. The zero-order chi connectivity index (χ0) is 17.1. The van der Waals surface area contributed by atoms with Gasteiger partial charge in [0.05, 0.1) is 12.7 Å². The van der Waals surface area contributed by atoms with Crippen LogP contribution in [0.3, 0.4) is 0 Å². The van der Waals surface area contributed by atoms with Gasteiger partial charge < -0.3 is 20.7 Å². The fourth-order valence-electron chi connectivity index (χ4n) is 2.68. The molecule has 2 heterocycles. The van der Waals surface area contributed by atoms with Gasteiger partial charge in [-0.15, -0.1) is 0 Å². The van der Waals surface area contributed by atoms with E-state index in [4.69, 9.17) is 10.5 Å². The Bertz CT molecular complexity index is 757. The Balaban J connectivity index is 1.83. The molecule has 0 bridgehead atoms. The largest absolute Gasteiger partial charge is 0.496 e. The minimum atomic E-state index is 0.00623. The lowest BCUT2D eigenvalue weighted by molar-refractivity contribution is 0.0789. The van der Waals surface area contributed by atoms with E-state index in [1.54, 1.807) is 25.4 Å². The average Bonchev–Trinajstić information content (AvgIpc) is 3.12. The summed E-state index contributed by atoms with van der Waals surface area (Å²) >= 11 is 0. The third-order valence-corrected chi connectivity index (χ3v) is 4.09. The van der Waals surface area contributed by atoms with E-state index in [0.717, 1.165) is 37.2 Å². The number of nitrogen functional groups attached to an aromatic ring is 1. The van der Waals surface area contributed by atoms with Gasteiger partial charge in [0.2, 0.25) is 5.95 Å². The summed E-state index contributed by atoms with van der Waals surface area (Å²) in [6, 6.07) is 5.34. The highest BCUT2D eigenvalue weighted by atomic mass is 16.5. The van der Waals surface area contributed by atoms with Gasteiger partial charge in [0.1, 0.15) is 11.6 Å². The van der Waals surface area contributed by atoms with Crippen LogP contribution in [-0.4, -0.2) is 41.0 Å². The quantitative estimate of drug-likeness (QED) is 0.895. The normalized spacial score (nSPS) is 13.8. The van der Waals surface area contributed by atoms with Crippen LogP contribution in [0.4, 0.5) is 17.5 Å². The van der Waals surface area contributed by atoms with Crippen LogP contribution in [0.15, 0.2) is 24.4 Å². The van der Waals surface area contributed by atoms with Crippen molar-refractivity contribution in [3.8, 4) is 5.75 Å². The lowest BCUT2D eigenvalue weighted by Crippen LogP contribution is -2.27. The zero-order valence-corrected chi connectivity index (χ0v) is 13.9. The van der Waals surface area contributed by atoms with Crippen LogP contribution in [0.5, 0.6) is 5.75 Å². The van der Waals surface area contributed by atoms with Crippen molar-refractivity contribution in [2.24, 2.45) is 0 Å². The van der Waals surface area contributed by atoms with Crippen molar-refractivity contribution in [1.29, 1.82) is 0 Å². The van der Waals surface area contributed by atoms with Gasteiger partial charge in [-0.3, -0.25) is 4.79 Å². The second kappa shape index (κ2) is 6.74. The van der Waals surface area contributed by atoms with E-state index >= 15 is 0 Å². The second-order valence-corrected chi connectivity index (χ2v) is 5.80. The molecule has 1 amide bonds. The summed E-state index contributed by atoms with van der Waals surface area (Å²) in [6.07, 6.45) is 3.77. The number of nitrogens with two attached hydrogens (primary N) is 1. The molecule has 126 valence electrons. The predicted molar refractivity (Wildman–Crippen MR) is 92.6 cm³/mol. The average molecular weight is 327 g/mol. The minimum Gasteiger partial charge on any atom is -0.496 e. The third kappa shape index (κ3) is 3.24. The van der Waals surface area contributed by atoms with Gasteiger partial charge >= 0.3 is 0 Å². The second-order valence-electron chi connectivity index (χ2n) is 5.80. The van der Waals surface area contributed by atoms with Crippen LogP contribution in [0, 0.1) is 6.92 Å². The molecule has 1 fully saturated rings. The molecule has 7 nitrogen and oxygen atoms in total. The number of rotatable bonds is 4. The first-order valence-electron chi connectivity index (χ1n) is 7.92. The van der Waals surface area contributed by atoms with Crippen LogP contribution < -0.4 is 15.8 Å². The Hall–Kier alpha value is -2.83. The third-order valence-electron chi connectivity index (χ3n) is 4.09. The predicted octanol–water partition coefficient (Wildman–Crippen LogP) is 2.36. The van der Waals surface area contributed by atoms with Crippen LogP contribution in [0.2, 0.25) is 0 Å². The van der Waals surface area contributed by atoms with Crippen LogP contribution in [0.1, 0.15) is 28.8 Å². The first-order chi connectivity index (χ1) is 11.6. The Kier molecular flexibility index (Phi) is 4.50. The van der Waals surface area contributed by atoms with E-state index in [1.165, 1.54) is 0 Å². The number of amides is 1. The summed E-state index contributed by atoms with van der Waals surface area (Å²) in [6.45, 7) is 3.46. The topological polar surface area (TPSA) is 93.4 Å². The number of hydrogen-bond acceptors (Lipinski definition) is 6. The Morgan fingerprint density at radius 2 is 2.08 bits per heavy atom. The van der Waals surface area contributed by atoms with Crippen molar-refractivity contribution in [2.75, 3.05) is 31.2 Å². The lowest BCUT2D eigenvalue weighted by Gasteiger charge is -2.18. The van der Waals surface area contributed by atoms with E-state index in [9.17, 15) is 4.79 Å². The molecular weight excluding hydrogens is 306 g/mol. The zero-order valence-electron chi connectivity index (χ0n) is 13.9.